The molecule has 0 radical (unpaired) electrons. The number of primary sulfonamides is 1. The number of alkyl halides is 3. The number of nitrogens with two attached hydrogens (primary N) is 1. The number of hydrogen-bond donors (Lipinski definition) is 1. The predicted octanol–water partition coefficient (Wildman–Crippen LogP) is 4.50. The average Bonchev–Trinajstić information content (AvgIpc) is 3.06. The fraction of sp³-hybridized carbons (Fsp3) is 0.250. The van der Waals surface area contributed by atoms with Crippen molar-refractivity contribution in [2.24, 2.45) is 5.14 Å². The zero-order valence-electron chi connectivity index (χ0n) is 16.0. The SMILES string of the molecule is CC(C)(C)c1ccc(-c2cc(C(F)(F)F)nn2-c2ccccc2S(N)(=O)=O)cc1. The number of sulfonamides is 1. The van der Waals surface area contributed by atoms with E-state index in [1.807, 2.05) is 32.9 Å². The van der Waals surface area contributed by atoms with Crippen molar-refractivity contribution in [1.82, 2.24) is 9.78 Å². The molecule has 0 saturated carbocycles. The van der Waals surface area contributed by atoms with Gasteiger partial charge in [-0.2, -0.15) is 18.3 Å². The van der Waals surface area contributed by atoms with Crippen molar-refractivity contribution in [3.05, 3.63) is 65.9 Å². The molecule has 0 spiro atoms. The molecule has 2 aromatic carbocycles. The lowest BCUT2D eigenvalue weighted by atomic mass is 9.86. The number of halogens is 3. The van der Waals surface area contributed by atoms with Gasteiger partial charge in [0.25, 0.3) is 0 Å². The highest BCUT2D eigenvalue weighted by Gasteiger charge is 2.36. The van der Waals surface area contributed by atoms with Crippen LogP contribution in [0.4, 0.5) is 13.2 Å². The van der Waals surface area contributed by atoms with E-state index in [4.69, 9.17) is 5.14 Å². The Hall–Kier alpha value is -2.65. The Balaban J connectivity index is 2.26. The summed E-state index contributed by atoms with van der Waals surface area (Å²) < 4.78 is 64.9. The first-order valence-electron chi connectivity index (χ1n) is 8.69. The summed E-state index contributed by atoms with van der Waals surface area (Å²) in [7, 11) is -4.17. The summed E-state index contributed by atoms with van der Waals surface area (Å²) in [5.74, 6) is 0. The molecule has 29 heavy (non-hydrogen) atoms. The van der Waals surface area contributed by atoms with Crippen LogP contribution in [0.3, 0.4) is 0 Å². The van der Waals surface area contributed by atoms with E-state index >= 15 is 0 Å². The number of nitrogens with zero attached hydrogens (tertiary/aromatic N) is 2. The van der Waals surface area contributed by atoms with Gasteiger partial charge in [-0.25, -0.2) is 18.2 Å². The van der Waals surface area contributed by atoms with Gasteiger partial charge in [0.2, 0.25) is 10.0 Å². The van der Waals surface area contributed by atoms with Gasteiger partial charge in [0.1, 0.15) is 4.90 Å². The van der Waals surface area contributed by atoms with E-state index in [2.05, 4.69) is 5.10 Å². The van der Waals surface area contributed by atoms with Gasteiger partial charge in [-0.05, 0) is 29.2 Å². The minimum absolute atomic E-state index is 0.0552. The lowest BCUT2D eigenvalue weighted by Gasteiger charge is -2.19. The topological polar surface area (TPSA) is 78.0 Å². The van der Waals surface area contributed by atoms with Crippen LogP contribution in [0, 0.1) is 0 Å². The van der Waals surface area contributed by atoms with Crippen LogP contribution in [0.5, 0.6) is 0 Å². The number of benzene rings is 2. The molecule has 5 nitrogen and oxygen atoms in total. The Labute approximate surface area is 167 Å². The molecule has 0 aliphatic heterocycles. The van der Waals surface area contributed by atoms with Crippen molar-refractivity contribution in [2.75, 3.05) is 0 Å². The molecule has 3 aromatic rings. The molecular formula is C20H20F3N3O2S. The van der Waals surface area contributed by atoms with Gasteiger partial charge in [-0.1, -0.05) is 57.2 Å². The van der Waals surface area contributed by atoms with Crippen LogP contribution < -0.4 is 5.14 Å². The van der Waals surface area contributed by atoms with E-state index in [1.165, 1.54) is 24.3 Å². The van der Waals surface area contributed by atoms with E-state index in [1.54, 1.807) is 12.1 Å². The van der Waals surface area contributed by atoms with Crippen LogP contribution in [-0.4, -0.2) is 18.2 Å². The van der Waals surface area contributed by atoms with Gasteiger partial charge in [0.15, 0.2) is 5.69 Å². The van der Waals surface area contributed by atoms with Crippen LogP contribution in [0.25, 0.3) is 16.9 Å². The molecule has 0 fully saturated rings. The molecule has 154 valence electrons. The Morgan fingerprint density at radius 3 is 2.07 bits per heavy atom. The van der Waals surface area contributed by atoms with E-state index in [0.29, 0.717) is 5.56 Å². The second-order valence-corrected chi connectivity index (χ2v) is 9.19. The van der Waals surface area contributed by atoms with Crippen molar-refractivity contribution in [3.63, 3.8) is 0 Å². The molecule has 0 saturated heterocycles. The molecule has 0 aliphatic rings. The van der Waals surface area contributed by atoms with Crippen LogP contribution in [-0.2, 0) is 21.6 Å². The van der Waals surface area contributed by atoms with E-state index in [0.717, 1.165) is 16.3 Å². The highest BCUT2D eigenvalue weighted by molar-refractivity contribution is 7.89. The molecule has 1 aromatic heterocycles. The molecule has 0 aliphatic carbocycles. The first-order chi connectivity index (χ1) is 13.3. The summed E-state index contributed by atoms with van der Waals surface area (Å²) in [5.41, 5.74) is 0.264. The third-order valence-electron chi connectivity index (χ3n) is 4.45. The van der Waals surface area contributed by atoms with Crippen LogP contribution in [0.2, 0.25) is 0 Å². The van der Waals surface area contributed by atoms with Crippen molar-refractivity contribution in [1.29, 1.82) is 0 Å². The summed E-state index contributed by atoms with van der Waals surface area (Å²) in [6.45, 7) is 6.07. The Morgan fingerprint density at radius 1 is 0.966 bits per heavy atom. The van der Waals surface area contributed by atoms with Crippen LogP contribution >= 0.6 is 0 Å². The number of aromatic nitrogens is 2. The standard InChI is InChI=1S/C20H20F3N3O2S/c1-19(2,3)14-10-8-13(9-11-14)16-12-18(20(21,22)23)25-26(16)15-6-4-5-7-17(15)29(24,27)28/h4-12H,1-3H3,(H2,24,27,28). The van der Waals surface area contributed by atoms with Crippen LogP contribution in [0.15, 0.2) is 59.5 Å². The summed E-state index contributed by atoms with van der Waals surface area (Å²) >= 11 is 0. The first kappa shape index (κ1) is 21.1. The molecule has 1 heterocycles. The second kappa shape index (κ2) is 7.00. The monoisotopic (exact) mass is 423 g/mol. The van der Waals surface area contributed by atoms with Gasteiger partial charge in [-0.3, -0.25) is 0 Å². The molecule has 2 N–H and O–H groups in total. The van der Waals surface area contributed by atoms with Crippen molar-refractivity contribution >= 4 is 10.0 Å². The average molecular weight is 423 g/mol. The highest BCUT2D eigenvalue weighted by Crippen LogP contribution is 2.35. The zero-order chi connectivity index (χ0) is 21.6. The largest absolute Gasteiger partial charge is 0.435 e. The predicted molar refractivity (Wildman–Crippen MR) is 104 cm³/mol. The van der Waals surface area contributed by atoms with Gasteiger partial charge < -0.3 is 0 Å². The Kier molecular flexibility index (Phi) is 5.08. The van der Waals surface area contributed by atoms with Crippen molar-refractivity contribution in [2.45, 2.75) is 37.3 Å². The lowest BCUT2D eigenvalue weighted by molar-refractivity contribution is -0.141. The van der Waals surface area contributed by atoms with Crippen molar-refractivity contribution in [3.8, 4) is 16.9 Å². The van der Waals surface area contributed by atoms with E-state index in [-0.39, 0.29) is 21.7 Å². The van der Waals surface area contributed by atoms with Crippen LogP contribution in [0.1, 0.15) is 32.0 Å². The van der Waals surface area contributed by atoms with Gasteiger partial charge in [-0.15, -0.1) is 0 Å². The third kappa shape index (κ3) is 4.35. The quantitative estimate of drug-likeness (QED) is 0.674. The summed E-state index contributed by atoms with van der Waals surface area (Å²) in [6.07, 6.45) is -4.69. The maximum Gasteiger partial charge on any atom is 0.435 e. The Bertz CT molecular complexity index is 1140. The lowest BCUT2D eigenvalue weighted by Crippen LogP contribution is -2.16. The molecule has 3 rings (SSSR count). The van der Waals surface area contributed by atoms with Gasteiger partial charge >= 0.3 is 6.18 Å². The zero-order valence-corrected chi connectivity index (χ0v) is 16.8. The Morgan fingerprint density at radius 2 is 1.55 bits per heavy atom. The van der Waals surface area contributed by atoms with E-state index in [9.17, 15) is 21.6 Å². The summed E-state index contributed by atoms with van der Waals surface area (Å²) in [6, 6.07) is 13.5. The molecular weight excluding hydrogens is 403 g/mol. The molecule has 0 unspecified atom stereocenters. The number of hydrogen-bond acceptors (Lipinski definition) is 3. The molecule has 0 amide bonds. The smallest absolute Gasteiger partial charge is 0.231 e. The molecule has 0 atom stereocenters. The van der Waals surface area contributed by atoms with Gasteiger partial charge in [0.05, 0.1) is 11.4 Å². The second-order valence-electron chi connectivity index (χ2n) is 7.66. The van der Waals surface area contributed by atoms with Gasteiger partial charge in [0, 0.05) is 5.56 Å². The highest BCUT2D eigenvalue weighted by atomic mass is 32.2. The number of rotatable bonds is 3. The summed E-state index contributed by atoms with van der Waals surface area (Å²) in [5, 5.41) is 8.90. The number of para-hydroxylation sites is 1. The normalized spacial score (nSPS) is 12.9. The maximum atomic E-state index is 13.3. The first-order valence-corrected chi connectivity index (χ1v) is 10.2. The fourth-order valence-corrected chi connectivity index (χ4v) is 3.64. The maximum absolute atomic E-state index is 13.3. The third-order valence-corrected chi connectivity index (χ3v) is 5.40. The minimum Gasteiger partial charge on any atom is -0.231 e. The minimum atomic E-state index is -4.69. The van der Waals surface area contributed by atoms with E-state index < -0.39 is 21.9 Å². The molecule has 0 bridgehead atoms. The summed E-state index contributed by atoms with van der Waals surface area (Å²) in [4.78, 5) is -0.315. The fourth-order valence-electron chi connectivity index (χ4n) is 2.92. The van der Waals surface area contributed by atoms with Crippen molar-refractivity contribution < 1.29 is 21.6 Å². The molecule has 9 heteroatoms.